The SMILES string of the molecule is CCNC(=NCC(C)CO)N1CCc2ccccc21. The number of aliphatic hydroxyl groups is 1. The van der Waals surface area contributed by atoms with Crippen LogP contribution in [0.2, 0.25) is 0 Å². The molecule has 1 aromatic rings. The minimum atomic E-state index is 0.180. The van der Waals surface area contributed by atoms with E-state index in [9.17, 15) is 0 Å². The summed E-state index contributed by atoms with van der Waals surface area (Å²) in [5.41, 5.74) is 2.63. The molecule has 0 bridgehead atoms. The molecule has 104 valence electrons. The van der Waals surface area contributed by atoms with Crippen molar-refractivity contribution in [2.24, 2.45) is 10.9 Å². The van der Waals surface area contributed by atoms with E-state index in [1.165, 1.54) is 11.3 Å². The number of rotatable bonds is 4. The third-order valence-corrected chi connectivity index (χ3v) is 3.34. The molecule has 0 aliphatic carbocycles. The Hall–Kier alpha value is -1.55. The molecule has 1 aliphatic rings. The number of aliphatic imine (C=N–C) groups is 1. The topological polar surface area (TPSA) is 47.9 Å². The second kappa shape index (κ2) is 6.57. The molecule has 0 radical (unpaired) electrons. The maximum atomic E-state index is 9.10. The van der Waals surface area contributed by atoms with E-state index in [0.717, 1.165) is 25.5 Å². The van der Waals surface area contributed by atoms with Crippen LogP contribution in [0.25, 0.3) is 0 Å². The van der Waals surface area contributed by atoms with Gasteiger partial charge in [0.25, 0.3) is 0 Å². The van der Waals surface area contributed by atoms with E-state index in [2.05, 4.69) is 46.4 Å². The third kappa shape index (κ3) is 3.26. The molecule has 0 fully saturated rings. The molecule has 1 unspecified atom stereocenters. The van der Waals surface area contributed by atoms with Crippen molar-refractivity contribution < 1.29 is 5.11 Å². The lowest BCUT2D eigenvalue weighted by Gasteiger charge is -2.22. The fourth-order valence-corrected chi connectivity index (χ4v) is 2.25. The first-order valence-electron chi connectivity index (χ1n) is 7.00. The first-order valence-corrected chi connectivity index (χ1v) is 7.00. The highest BCUT2D eigenvalue weighted by Gasteiger charge is 2.22. The summed E-state index contributed by atoms with van der Waals surface area (Å²) in [6.07, 6.45) is 1.07. The Morgan fingerprint density at radius 3 is 3.00 bits per heavy atom. The molecule has 1 aliphatic heterocycles. The van der Waals surface area contributed by atoms with Gasteiger partial charge in [0.05, 0.1) is 0 Å². The quantitative estimate of drug-likeness (QED) is 0.640. The summed E-state index contributed by atoms with van der Waals surface area (Å²) in [6, 6.07) is 8.47. The predicted octanol–water partition coefficient (Wildman–Crippen LogP) is 1.64. The number of hydrogen-bond donors (Lipinski definition) is 2. The molecule has 0 spiro atoms. The molecule has 0 saturated carbocycles. The zero-order valence-electron chi connectivity index (χ0n) is 11.8. The molecule has 4 heteroatoms. The van der Waals surface area contributed by atoms with Gasteiger partial charge >= 0.3 is 0 Å². The molecule has 2 rings (SSSR count). The first-order chi connectivity index (χ1) is 9.26. The Balaban J connectivity index is 2.16. The van der Waals surface area contributed by atoms with Crippen molar-refractivity contribution in [3.05, 3.63) is 29.8 Å². The van der Waals surface area contributed by atoms with Crippen LogP contribution in [-0.2, 0) is 6.42 Å². The van der Waals surface area contributed by atoms with Gasteiger partial charge in [-0.1, -0.05) is 25.1 Å². The van der Waals surface area contributed by atoms with Crippen molar-refractivity contribution in [1.82, 2.24) is 5.32 Å². The largest absolute Gasteiger partial charge is 0.396 e. The van der Waals surface area contributed by atoms with Crippen LogP contribution < -0.4 is 10.2 Å². The van der Waals surface area contributed by atoms with E-state index in [0.29, 0.717) is 6.54 Å². The van der Waals surface area contributed by atoms with Crippen molar-refractivity contribution in [1.29, 1.82) is 0 Å². The number of anilines is 1. The van der Waals surface area contributed by atoms with E-state index in [1.54, 1.807) is 0 Å². The lowest BCUT2D eigenvalue weighted by molar-refractivity contribution is 0.241. The highest BCUT2D eigenvalue weighted by atomic mass is 16.3. The Bertz CT molecular complexity index is 445. The van der Waals surface area contributed by atoms with E-state index in [-0.39, 0.29) is 12.5 Å². The van der Waals surface area contributed by atoms with Crippen LogP contribution in [-0.4, -0.2) is 37.3 Å². The highest BCUT2D eigenvalue weighted by Crippen LogP contribution is 2.27. The Morgan fingerprint density at radius 1 is 1.47 bits per heavy atom. The van der Waals surface area contributed by atoms with Crippen LogP contribution in [0.4, 0.5) is 5.69 Å². The van der Waals surface area contributed by atoms with Crippen LogP contribution in [0, 0.1) is 5.92 Å². The number of hydrogen-bond acceptors (Lipinski definition) is 2. The Labute approximate surface area is 115 Å². The van der Waals surface area contributed by atoms with Crippen LogP contribution >= 0.6 is 0 Å². The van der Waals surface area contributed by atoms with Gasteiger partial charge < -0.3 is 15.3 Å². The second-order valence-corrected chi connectivity index (χ2v) is 5.01. The monoisotopic (exact) mass is 261 g/mol. The van der Waals surface area contributed by atoms with E-state index in [4.69, 9.17) is 5.11 Å². The summed E-state index contributed by atoms with van der Waals surface area (Å²) in [5.74, 6) is 1.12. The van der Waals surface area contributed by atoms with Crippen LogP contribution in [0.5, 0.6) is 0 Å². The summed E-state index contributed by atoms with van der Waals surface area (Å²) in [7, 11) is 0. The summed E-state index contributed by atoms with van der Waals surface area (Å²) in [6.45, 7) is 6.73. The van der Waals surface area contributed by atoms with Crippen molar-refractivity contribution in [3.63, 3.8) is 0 Å². The lowest BCUT2D eigenvalue weighted by Crippen LogP contribution is -2.41. The van der Waals surface area contributed by atoms with Gasteiger partial charge in [-0.3, -0.25) is 4.99 Å². The number of benzene rings is 1. The van der Waals surface area contributed by atoms with Gasteiger partial charge in [0.15, 0.2) is 5.96 Å². The van der Waals surface area contributed by atoms with Gasteiger partial charge in [0.1, 0.15) is 0 Å². The summed E-state index contributed by atoms with van der Waals surface area (Å²) in [4.78, 5) is 6.88. The van der Waals surface area contributed by atoms with Gasteiger partial charge in [-0.05, 0) is 30.9 Å². The van der Waals surface area contributed by atoms with E-state index < -0.39 is 0 Å². The summed E-state index contributed by atoms with van der Waals surface area (Å²) < 4.78 is 0. The second-order valence-electron chi connectivity index (χ2n) is 5.01. The Kier molecular flexibility index (Phi) is 4.80. The van der Waals surface area contributed by atoms with Crippen LogP contribution in [0.15, 0.2) is 29.3 Å². The molecule has 0 aromatic heterocycles. The molecular formula is C15H23N3O. The van der Waals surface area contributed by atoms with Gasteiger partial charge in [0.2, 0.25) is 0 Å². The van der Waals surface area contributed by atoms with E-state index in [1.807, 2.05) is 6.92 Å². The average molecular weight is 261 g/mol. The fourth-order valence-electron chi connectivity index (χ4n) is 2.25. The van der Waals surface area contributed by atoms with Gasteiger partial charge in [0, 0.05) is 31.9 Å². The summed E-state index contributed by atoms with van der Waals surface area (Å²) in [5, 5.41) is 12.4. The van der Waals surface area contributed by atoms with Crippen LogP contribution in [0.1, 0.15) is 19.4 Å². The van der Waals surface area contributed by atoms with Crippen molar-refractivity contribution in [2.45, 2.75) is 20.3 Å². The predicted molar refractivity (Wildman–Crippen MR) is 79.7 cm³/mol. The zero-order valence-corrected chi connectivity index (χ0v) is 11.8. The molecule has 1 heterocycles. The number of nitrogens with one attached hydrogen (secondary N) is 1. The first kappa shape index (κ1) is 13.9. The van der Waals surface area contributed by atoms with Crippen molar-refractivity contribution in [2.75, 3.05) is 31.1 Å². The maximum absolute atomic E-state index is 9.10. The molecule has 0 amide bonds. The maximum Gasteiger partial charge on any atom is 0.198 e. The molecular weight excluding hydrogens is 238 g/mol. The number of aliphatic hydroxyl groups excluding tert-OH is 1. The van der Waals surface area contributed by atoms with E-state index >= 15 is 0 Å². The standard InChI is InChI=1S/C15H23N3O/c1-3-16-15(17-10-12(2)11-19)18-9-8-13-6-4-5-7-14(13)18/h4-7,12,19H,3,8-11H2,1-2H3,(H,16,17). The molecule has 4 nitrogen and oxygen atoms in total. The fraction of sp³-hybridized carbons (Fsp3) is 0.533. The van der Waals surface area contributed by atoms with Crippen molar-refractivity contribution >= 4 is 11.6 Å². The molecule has 19 heavy (non-hydrogen) atoms. The minimum Gasteiger partial charge on any atom is -0.396 e. The third-order valence-electron chi connectivity index (χ3n) is 3.34. The van der Waals surface area contributed by atoms with Crippen molar-refractivity contribution in [3.8, 4) is 0 Å². The number of nitrogens with zero attached hydrogens (tertiary/aromatic N) is 2. The smallest absolute Gasteiger partial charge is 0.198 e. The molecule has 1 atom stereocenters. The lowest BCUT2D eigenvalue weighted by atomic mass is 10.2. The van der Waals surface area contributed by atoms with Crippen LogP contribution in [0.3, 0.4) is 0 Å². The normalized spacial score (nSPS) is 16.4. The Morgan fingerprint density at radius 2 is 2.26 bits per heavy atom. The molecule has 0 saturated heterocycles. The number of guanidine groups is 1. The zero-order chi connectivity index (χ0) is 13.7. The average Bonchev–Trinajstić information content (AvgIpc) is 2.87. The summed E-state index contributed by atoms with van der Waals surface area (Å²) >= 11 is 0. The minimum absolute atomic E-state index is 0.180. The number of para-hydroxylation sites is 1. The van der Waals surface area contributed by atoms with Gasteiger partial charge in [-0.15, -0.1) is 0 Å². The van der Waals surface area contributed by atoms with Gasteiger partial charge in [-0.25, -0.2) is 0 Å². The highest BCUT2D eigenvalue weighted by molar-refractivity contribution is 5.97. The number of fused-ring (bicyclic) bond motifs is 1. The van der Waals surface area contributed by atoms with Gasteiger partial charge in [-0.2, -0.15) is 0 Å². The molecule has 2 N–H and O–H groups in total. The molecule has 1 aromatic carbocycles.